The van der Waals surface area contributed by atoms with Gasteiger partial charge in [-0.15, -0.1) is 0 Å². The van der Waals surface area contributed by atoms with Gasteiger partial charge in [0.2, 0.25) is 0 Å². The Morgan fingerprint density at radius 2 is 1.15 bits per heavy atom. The molecular formula is C25H12O2. The quantitative estimate of drug-likeness (QED) is 0.180. The molecule has 6 aromatic carbocycles. The Balaban J connectivity index is 2.09. The molecule has 0 aliphatic carbocycles. The summed E-state index contributed by atoms with van der Waals surface area (Å²) in [6, 6.07) is 25.0. The van der Waals surface area contributed by atoms with Crippen LogP contribution in [-0.4, -0.2) is 0 Å². The SMILES string of the molecule is O=c1oc2cccc3c4cccc5ccc6c7ccccc7c1c(c23)c6c54. The third-order valence-corrected chi connectivity index (χ3v) is 6.01. The van der Waals surface area contributed by atoms with Gasteiger partial charge in [0.05, 0.1) is 5.39 Å². The first kappa shape index (κ1) is 13.5. The van der Waals surface area contributed by atoms with Crippen molar-refractivity contribution in [2.45, 2.75) is 0 Å². The van der Waals surface area contributed by atoms with Crippen molar-refractivity contribution >= 4 is 64.8 Å². The van der Waals surface area contributed by atoms with Gasteiger partial charge in [0.15, 0.2) is 0 Å². The number of rotatable bonds is 0. The van der Waals surface area contributed by atoms with Crippen LogP contribution in [0.25, 0.3) is 64.8 Å². The zero-order valence-corrected chi connectivity index (χ0v) is 14.2. The van der Waals surface area contributed by atoms with Crippen LogP contribution in [0.4, 0.5) is 0 Å². The van der Waals surface area contributed by atoms with Gasteiger partial charge in [0, 0.05) is 10.8 Å². The Morgan fingerprint density at radius 1 is 0.481 bits per heavy atom. The predicted molar refractivity (Wildman–Crippen MR) is 112 cm³/mol. The smallest absolute Gasteiger partial charge is 0.344 e. The van der Waals surface area contributed by atoms with Gasteiger partial charge >= 0.3 is 5.63 Å². The van der Waals surface area contributed by atoms with E-state index in [-0.39, 0.29) is 5.63 Å². The van der Waals surface area contributed by atoms with Gasteiger partial charge in [0.25, 0.3) is 0 Å². The molecule has 7 rings (SSSR count). The molecule has 0 N–H and O–H groups in total. The molecule has 0 aliphatic rings. The summed E-state index contributed by atoms with van der Waals surface area (Å²) in [6.45, 7) is 0. The van der Waals surface area contributed by atoms with Gasteiger partial charge in [-0.2, -0.15) is 0 Å². The van der Waals surface area contributed by atoms with Crippen molar-refractivity contribution in [2.75, 3.05) is 0 Å². The first-order valence-corrected chi connectivity index (χ1v) is 9.09. The van der Waals surface area contributed by atoms with E-state index in [0.717, 1.165) is 26.9 Å². The minimum atomic E-state index is -0.260. The third-order valence-electron chi connectivity index (χ3n) is 6.01. The van der Waals surface area contributed by atoms with Crippen molar-refractivity contribution < 1.29 is 4.42 Å². The lowest BCUT2D eigenvalue weighted by molar-refractivity contribution is 0.570. The highest BCUT2D eigenvalue weighted by Gasteiger charge is 2.22. The molecule has 0 amide bonds. The monoisotopic (exact) mass is 344 g/mol. The Labute approximate surface area is 152 Å². The van der Waals surface area contributed by atoms with Crippen LogP contribution in [0.2, 0.25) is 0 Å². The Kier molecular flexibility index (Phi) is 2.19. The van der Waals surface area contributed by atoms with E-state index in [1.807, 2.05) is 30.3 Å². The number of fused-ring (bicyclic) bond motifs is 4. The molecule has 0 saturated heterocycles. The first-order valence-electron chi connectivity index (χ1n) is 9.09. The zero-order valence-electron chi connectivity index (χ0n) is 14.2. The number of hydrogen-bond acceptors (Lipinski definition) is 2. The van der Waals surface area contributed by atoms with Crippen molar-refractivity contribution in [3.05, 3.63) is 83.2 Å². The van der Waals surface area contributed by atoms with Crippen LogP contribution in [0.3, 0.4) is 0 Å². The van der Waals surface area contributed by atoms with Gasteiger partial charge in [-0.3, -0.25) is 0 Å². The van der Waals surface area contributed by atoms with E-state index in [0.29, 0.717) is 11.0 Å². The Bertz CT molecular complexity index is 1740. The molecule has 2 nitrogen and oxygen atoms in total. The lowest BCUT2D eigenvalue weighted by Gasteiger charge is -2.18. The average Bonchev–Trinajstić information content (AvgIpc) is 2.71. The second kappa shape index (κ2) is 4.36. The second-order valence-corrected chi connectivity index (χ2v) is 7.26. The number of hydrogen-bond donors (Lipinski definition) is 0. The summed E-state index contributed by atoms with van der Waals surface area (Å²) in [5.74, 6) is 0. The molecule has 0 atom stereocenters. The van der Waals surface area contributed by atoms with Crippen LogP contribution < -0.4 is 5.63 Å². The minimum Gasteiger partial charge on any atom is -0.422 e. The van der Waals surface area contributed by atoms with Crippen LogP contribution in [0.15, 0.2) is 82.0 Å². The van der Waals surface area contributed by atoms with Crippen molar-refractivity contribution in [2.24, 2.45) is 0 Å². The third kappa shape index (κ3) is 1.43. The summed E-state index contributed by atoms with van der Waals surface area (Å²) in [5.41, 5.74) is 0.400. The van der Waals surface area contributed by atoms with E-state index in [2.05, 4.69) is 42.5 Å². The molecule has 0 radical (unpaired) electrons. The van der Waals surface area contributed by atoms with Gasteiger partial charge in [-0.1, -0.05) is 66.7 Å². The largest absolute Gasteiger partial charge is 0.422 e. The lowest BCUT2D eigenvalue weighted by atomic mass is 9.85. The van der Waals surface area contributed by atoms with Crippen LogP contribution in [0, 0.1) is 0 Å². The second-order valence-electron chi connectivity index (χ2n) is 7.26. The lowest BCUT2D eigenvalue weighted by Crippen LogP contribution is -2.03. The molecule has 0 unspecified atom stereocenters. The molecule has 0 spiro atoms. The molecular weight excluding hydrogens is 332 g/mol. The van der Waals surface area contributed by atoms with E-state index in [9.17, 15) is 4.79 Å². The highest BCUT2D eigenvalue weighted by atomic mass is 16.4. The van der Waals surface area contributed by atoms with Gasteiger partial charge in [0.1, 0.15) is 5.58 Å². The summed E-state index contributed by atoms with van der Waals surface area (Å²) >= 11 is 0. The van der Waals surface area contributed by atoms with E-state index in [1.165, 1.54) is 26.9 Å². The Morgan fingerprint density at radius 3 is 2.04 bits per heavy atom. The van der Waals surface area contributed by atoms with Crippen LogP contribution in [0.1, 0.15) is 0 Å². The maximum atomic E-state index is 13.0. The normalized spacial score (nSPS) is 12.6. The maximum Gasteiger partial charge on any atom is 0.344 e. The van der Waals surface area contributed by atoms with Crippen LogP contribution in [-0.2, 0) is 0 Å². The minimum absolute atomic E-state index is 0.260. The first-order chi connectivity index (χ1) is 13.3. The Hall–Kier alpha value is -3.65. The van der Waals surface area contributed by atoms with E-state index in [4.69, 9.17) is 4.42 Å². The molecule has 1 heterocycles. The molecule has 2 heteroatoms. The van der Waals surface area contributed by atoms with E-state index in [1.54, 1.807) is 0 Å². The topological polar surface area (TPSA) is 30.2 Å². The van der Waals surface area contributed by atoms with E-state index >= 15 is 0 Å². The standard InChI is InChI=1S/C25H12O2/c26-25-23-15-7-2-1-6-14(15)18-12-11-13-5-3-8-16-17-9-4-10-19(27-25)21(17)24(23)22(18)20(13)16/h1-12H. The molecule has 0 saturated carbocycles. The fourth-order valence-electron chi connectivity index (χ4n) is 4.99. The zero-order chi connectivity index (χ0) is 17.7. The average molecular weight is 344 g/mol. The van der Waals surface area contributed by atoms with Gasteiger partial charge < -0.3 is 4.42 Å². The van der Waals surface area contributed by atoms with Gasteiger partial charge in [-0.25, -0.2) is 4.79 Å². The molecule has 0 fully saturated rings. The fraction of sp³-hybridized carbons (Fsp3) is 0. The fourth-order valence-corrected chi connectivity index (χ4v) is 4.99. The summed E-state index contributed by atoms with van der Waals surface area (Å²) in [6.07, 6.45) is 0. The van der Waals surface area contributed by atoms with Crippen LogP contribution in [0.5, 0.6) is 0 Å². The van der Waals surface area contributed by atoms with Crippen LogP contribution >= 0.6 is 0 Å². The number of benzene rings is 6. The van der Waals surface area contributed by atoms with Crippen molar-refractivity contribution in [1.82, 2.24) is 0 Å². The highest BCUT2D eigenvalue weighted by molar-refractivity contribution is 6.43. The van der Waals surface area contributed by atoms with Crippen molar-refractivity contribution in [3.8, 4) is 0 Å². The summed E-state index contributed by atoms with van der Waals surface area (Å²) < 4.78 is 5.78. The summed E-state index contributed by atoms with van der Waals surface area (Å²) in [7, 11) is 0. The molecule has 27 heavy (non-hydrogen) atoms. The maximum absolute atomic E-state index is 13.0. The molecule has 124 valence electrons. The summed E-state index contributed by atoms with van der Waals surface area (Å²) in [4.78, 5) is 13.0. The van der Waals surface area contributed by atoms with E-state index < -0.39 is 0 Å². The van der Waals surface area contributed by atoms with Crippen molar-refractivity contribution in [3.63, 3.8) is 0 Å². The highest BCUT2D eigenvalue weighted by Crippen LogP contribution is 2.46. The molecule has 0 bridgehead atoms. The van der Waals surface area contributed by atoms with Gasteiger partial charge in [-0.05, 0) is 49.2 Å². The van der Waals surface area contributed by atoms with Crippen molar-refractivity contribution in [1.29, 1.82) is 0 Å². The molecule has 0 aliphatic heterocycles. The molecule has 1 aromatic heterocycles. The summed E-state index contributed by atoms with van der Waals surface area (Å²) in [5, 5.41) is 12.0. The molecule has 7 aromatic rings. The predicted octanol–water partition coefficient (Wildman–Crippen LogP) is 6.43.